The van der Waals surface area contributed by atoms with E-state index in [9.17, 15) is 43.8 Å². The molecule has 2 aliphatic rings. The van der Waals surface area contributed by atoms with Gasteiger partial charge in [0.15, 0.2) is 5.96 Å². The van der Waals surface area contributed by atoms with Crippen molar-refractivity contribution < 1.29 is 48.5 Å². The molecule has 0 bridgehead atoms. The van der Waals surface area contributed by atoms with Crippen LogP contribution in [0.25, 0.3) is 6.08 Å². The molecule has 0 saturated carbocycles. The van der Waals surface area contributed by atoms with E-state index in [1.165, 1.54) is 36.4 Å². The topological polar surface area (TPSA) is 361 Å². The van der Waals surface area contributed by atoms with Gasteiger partial charge in [0.1, 0.15) is 29.3 Å². The van der Waals surface area contributed by atoms with Crippen LogP contribution in [0.5, 0.6) is 17.2 Å². The Balaban J connectivity index is 1.22. The molecule has 22 nitrogen and oxygen atoms in total. The summed E-state index contributed by atoms with van der Waals surface area (Å²) in [5.41, 5.74) is 24.6. The molecule has 2 heterocycles. The lowest BCUT2D eigenvalue weighted by atomic mass is 10.0. The van der Waals surface area contributed by atoms with Gasteiger partial charge in [0.2, 0.25) is 23.6 Å². The van der Waals surface area contributed by atoms with E-state index in [0.29, 0.717) is 94.0 Å². The number of primary amides is 1. The lowest BCUT2D eigenvalue weighted by molar-refractivity contribution is -0.130. The number of fused-ring (bicyclic) bond motifs is 1. The van der Waals surface area contributed by atoms with Crippen LogP contribution in [-0.2, 0) is 30.4 Å². The van der Waals surface area contributed by atoms with Crippen molar-refractivity contribution in [2.24, 2.45) is 27.9 Å². The Bertz CT molecular complexity index is 2570. The number of phenolic OH excluding ortho intramolecular Hbond substituents is 2. The van der Waals surface area contributed by atoms with Crippen molar-refractivity contribution in [2.45, 2.75) is 127 Å². The zero-order valence-corrected chi connectivity index (χ0v) is 44.8. The number of urea groups is 1. The molecule has 3 aromatic rings. The molecule has 5 atom stereocenters. The highest BCUT2D eigenvalue weighted by atomic mass is 32.2. The first kappa shape index (κ1) is 60.3. The van der Waals surface area contributed by atoms with Crippen LogP contribution in [0.3, 0.4) is 0 Å². The number of aromatic hydroxyl groups is 2. The minimum absolute atomic E-state index is 0.00316. The number of nitrogens with zero attached hydrogens (tertiary/aromatic N) is 2. The van der Waals surface area contributed by atoms with Crippen LogP contribution in [0.2, 0.25) is 0 Å². The number of amides is 7. The number of aliphatic imine (C=N–C) groups is 1. The van der Waals surface area contributed by atoms with Crippen LogP contribution in [0.15, 0.2) is 71.2 Å². The summed E-state index contributed by atoms with van der Waals surface area (Å²) in [7, 11) is 0. The van der Waals surface area contributed by atoms with Gasteiger partial charge in [-0.3, -0.25) is 24.0 Å². The molecule has 2 aliphatic heterocycles. The predicted octanol–water partition coefficient (Wildman–Crippen LogP) is 3.19. The second kappa shape index (κ2) is 30.9. The number of benzene rings is 3. The first-order chi connectivity index (χ1) is 37.0. The number of anilines is 1. The van der Waals surface area contributed by atoms with E-state index in [2.05, 4.69) is 41.8 Å². The Hall–Kier alpha value is -7.53. The minimum atomic E-state index is -1.22. The first-order valence-electron chi connectivity index (χ1n) is 26.3. The van der Waals surface area contributed by atoms with E-state index in [-0.39, 0.29) is 95.6 Å². The Morgan fingerprint density at radius 1 is 0.818 bits per heavy atom. The van der Waals surface area contributed by atoms with Crippen molar-refractivity contribution >= 4 is 76.7 Å². The summed E-state index contributed by atoms with van der Waals surface area (Å²) in [5.74, 6) is -3.16. The van der Waals surface area contributed by atoms with Gasteiger partial charge in [-0.15, -0.1) is 0 Å². The summed E-state index contributed by atoms with van der Waals surface area (Å²) in [6.07, 6.45) is 7.00. The summed E-state index contributed by atoms with van der Waals surface area (Å²) >= 11 is 1.82. The number of hydrogen-bond acceptors (Lipinski definition) is 14. The largest absolute Gasteiger partial charge is 0.508 e. The van der Waals surface area contributed by atoms with Gasteiger partial charge in [0, 0.05) is 79.3 Å². The zero-order valence-electron chi connectivity index (χ0n) is 43.9. The number of ether oxygens (including phenoxy) is 1. The van der Waals surface area contributed by atoms with Crippen LogP contribution in [0.1, 0.15) is 112 Å². The number of phenols is 2. The van der Waals surface area contributed by atoms with E-state index in [0.717, 1.165) is 24.3 Å². The molecule has 0 spiro atoms. The van der Waals surface area contributed by atoms with Crippen LogP contribution >= 0.6 is 11.8 Å². The third-order valence-corrected chi connectivity index (χ3v) is 14.7. The Morgan fingerprint density at radius 2 is 1.51 bits per heavy atom. The van der Waals surface area contributed by atoms with Gasteiger partial charge < -0.3 is 74.7 Å². The summed E-state index contributed by atoms with van der Waals surface area (Å²) in [4.78, 5) is 97.9. The lowest BCUT2D eigenvalue weighted by Gasteiger charge is -2.23. The van der Waals surface area contributed by atoms with Crippen molar-refractivity contribution in [3.63, 3.8) is 0 Å². The van der Waals surface area contributed by atoms with E-state index in [4.69, 9.17) is 27.7 Å². The molecule has 2 saturated heterocycles. The highest BCUT2D eigenvalue weighted by Gasteiger charge is 2.42. The summed E-state index contributed by atoms with van der Waals surface area (Å²) in [5, 5.41) is 38.3. The van der Waals surface area contributed by atoms with Crippen molar-refractivity contribution in [2.75, 3.05) is 43.4 Å². The third kappa shape index (κ3) is 19.5. The highest BCUT2D eigenvalue weighted by Crippen LogP contribution is 2.33. The fourth-order valence-corrected chi connectivity index (χ4v) is 10.5. The second-order valence-corrected chi connectivity index (χ2v) is 20.2. The van der Waals surface area contributed by atoms with Gasteiger partial charge in [-0.05, 0) is 139 Å². The number of rotatable bonds is 32. The molecule has 3 unspecified atom stereocenters. The van der Waals surface area contributed by atoms with Crippen LogP contribution in [0, 0.1) is 0 Å². The minimum Gasteiger partial charge on any atom is -0.508 e. The van der Waals surface area contributed by atoms with Crippen LogP contribution in [-0.4, -0.2) is 126 Å². The van der Waals surface area contributed by atoms with Crippen molar-refractivity contribution in [3.8, 4) is 17.2 Å². The summed E-state index contributed by atoms with van der Waals surface area (Å²) < 4.78 is 5.96. The van der Waals surface area contributed by atoms with Gasteiger partial charge in [0.25, 0.3) is 5.91 Å². The third-order valence-electron chi connectivity index (χ3n) is 13.2. The van der Waals surface area contributed by atoms with Crippen LogP contribution in [0.4, 0.5) is 16.2 Å². The molecule has 7 amide bonds. The quantitative estimate of drug-likeness (QED) is 0.00813. The SMILES string of the molecule is CCN(CC)c1ccc(/C=C(\CCCCNC(=O)CCCCNC(=O)CCCC2SCC3NC(=O)NC32)C(=O)Oc2ccc(N=C(N)N)cc2C(=O)N[C@@H](CCCCN)C(=O)N[C@@H](Cc2ccc(O)cc2)C(N)=O)c(O)c1. The number of nitrogens with one attached hydrogen (secondary N) is 6. The van der Waals surface area contributed by atoms with Gasteiger partial charge in [-0.1, -0.05) is 12.1 Å². The highest BCUT2D eigenvalue weighted by molar-refractivity contribution is 8.00. The molecule has 16 N–H and O–H groups in total. The summed E-state index contributed by atoms with van der Waals surface area (Å²) in [6.45, 7) is 6.47. The fourth-order valence-electron chi connectivity index (χ4n) is 8.98. The van der Waals surface area contributed by atoms with E-state index >= 15 is 0 Å². The molecule has 0 aromatic heterocycles. The number of esters is 1. The standard InChI is InChI=1S/C54H76N12O10S/c1-3-66(4-2)37-21-19-34(43(68)31-37)29-35(12-6-9-26-59-46(69)15-7-10-27-60-47(70)16-11-14-45-48-42(32-77-45)64-54(75)65-48)52(74)76-44-24-20-36(61-53(57)58)30-39(44)50(72)62-40(13-5-8-25-55)51(73)63-41(49(56)71)28-33-17-22-38(67)23-18-33/h17-24,29-31,40-42,45,48,67-68H,3-16,25-28,32,55H2,1-2H3,(H2,56,71)(H,59,69)(H,60,70)(H,62,72)(H,63,73)(H4,57,58,61)(H2,64,65,75)/b35-29+/t40-,41-,42?,45?,48?/m0/s1. The first-order valence-corrected chi connectivity index (χ1v) is 27.4. The molecule has 23 heteroatoms. The smallest absolute Gasteiger partial charge is 0.339 e. The Labute approximate surface area is 453 Å². The molecular weight excluding hydrogens is 1010 g/mol. The normalized spacial score (nSPS) is 16.4. The van der Waals surface area contributed by atoms with Crippen LogP contribution < -0.4 is 64.5 Å². The van der Waals surface area contributed by atoms with Gasteiger partial charge in [-0.25, -0.2) is 14.6 Å². The molecule has 2 fully saturated rings. The molecule has 0 radical (unpaired) electrons. The predicted molar refractivity (Wildman–Crippen MR) is 297 cm³/mol. The molecule has 77 heavy (non-hydrogen) atoms. The van der Waals surface area contributed by atoms with Crippen molar-refractivity contribution in [3.05, 3.63) is 82.9 Å². The van der Waals surface area contributed by atoms with Gasteiger partial charge in [-0.2, -0.15) is 11.8 Å². The van der Waals surface area contributed by atoms with Crippen molar-refractivity contribution in [1.29, 1.82) is 0 Å². The van der Waals surface area contributed by atoms with Crippen molar-refractivity contribution in [1.82, 2.24) is 31.9 Å². The fraction of sp³-hybridized carbons (Fsp3) is 0.481. The number of nitrogens with two attached hydrogens (primary N) is 4. The number of hydrogen-bond donors (Lipinski definition) is 12. The lowest BCUT2D eigenvalue weighted by Crippen LogP contribution is -2.53. The average molecular weight is 1090 g/mol. The monoisotopic (exact) mass is 1080 g/mol. The van der Waals surface area contributed by atoms with E-state index in [1.54, 1.807) is 24.3 Å². The Morgan fingerprint density at radius 3 is 2.16 bits per heavy atom. The maximum atomic E-state index is 14.3. The number of guanidine groups is 1. The molecule has 3 aromatic carbocycles. The second-order valence-electron chi connectivity index (χ2n) is 19.0. The molecule has 418 valence electrons. The number of thioether (sulfide) groups is 1. The van der Waals surface area contributed by atoms with Gasteiger partial charge >= 0.3 is 12.0 Å². The molecule has 0 aliphatic carbocycles. The number of carbonyl (C=O) groups excluding carboxylic acids is 7. The molecule has 5 rings (SSSR count). The Kier molecular flexibility index (Phi) is 24.2. The zero-order chi connectivity index (χ0) is 55.9. The number of carbonyl (C=O) groups is 7. The molecular formula is C54H76N12O10S. The summed E-state index contributed by atoms with van der Waals surface area (Å²) in [6, 6.07) is 12.9. The van der Waals surface area contributed by atoms with E-state index < -0.39 is 35.8 Å². The number of unbranched alkanes of at least 4 members (excludes halogenated alkanes) is 3. The maximum absolute atomic E-state index is 14.3. The van der Waals surface area contributed by atoms with E-state index in [1.807, 2.05) is 31.7 Å². The average Bonchev–Trinajstić information content (AvgIpc) is 3.96. The maximum Gasteiger partial charge on any atom is 0.339 e. The van der Waals surface area contributed by atoms with Gasteiger partial charge in [0.05, 0.1) is 23.3 Å².